The van der Waals surface area contributed by atoms with Crippen LogP contribution in [-0.2, 0) is 16.1 Å². The Labute approximate surface area is 194 Å². The summed E-state index contributed by atoms with van der Waals surface area (Å²) >= 11 is 7.24. The van der Waals surface area contributed by atoms with E-state index in [9.17, 15) is 9.59 Å². The summed E-state index contributed by atoms with van der Waals surface area (Å²) in [7, 11) is 1.59. The van der Waals surface area contributed by atoms with Crippen molar-refractivity contribution in [2.75, 3.05) is 12.4 Å². The fraction of sp³-hybridized carbons (Fsp3) is 0.174. The number of amidine groups is 1. The number of halogens is 1. The average molecular weight is 470 g/mol. The molecule has 0 bridgehead atoms. The van der Waals surface area contributed by atoms with Crippen molar-refractivity contribution in [2.24, 2.45) is 4.99 Å². The Morgan fingerprint density at radius 2 is 2.03 bits per heavy atom. The number of hydrogen-bond acceptors (Lipinski definition) is 6. The predicted molar refractivity (Wildman–Crippen MR) is 125 cm³/mol. The summed E-state index contributed by atoms with van der Waals surface area (Å²) in [5.74, 6) is 0.874. The zero-order valence-electron chi connectivity index (χ0n) is 17.2. The molecule has 2 aromatic carbocycles. The van der Waals surface area contributed by atoms with Gasteiger partial charge >= 0.3 is 0 Å². The molecule has 4 rings (SSSR count). The number of amides is 2. The van der Waals surface area contributed by atoms with E-state index in [0.717, 1.165) is 0 Å². The summed E-state index contributed by atoms with van der Waals surface area (Å²) in [5.41, 5.74) is 1.26. The molecule has 0 spiro atoms. The number of nitrogens with zero attached hydrogens (tertiary/aromatic N) is 2. The lowest BCUT2D eigenvalue weighted by Gasteiger charge is -2.15. The van der Waals surface area contributed by atoms with Crippen LogP contribution in [0.1, 0.15) is 12.2 Å². The van der Waals surface area contributed by atoms with Gasteiger partial charge in [0.25, 0.3) is 0 Å². The van der Waals surface area contributed by atoms with Crippen LogP contribution in [0.3, 0.4) is 0 Å². The van der Waals surface area contributed by atoms with E-state index in [1.54, 1.807) is 78.9 Å². The largest absolute Gasteiger partial charge is 0.497 e. The second kappa shape index (κ2) is 9.93. The Balaban J connectivity index is 1.52. The molecule has 0 unspecified atom stereocenters. The Kier molecular flexibility index (Phi) is 6.82. The van der Waals surface area contributed by atoms with Gasteiger partial charge in [0, 0.05) is 17.1 Å². The highest BCUT2D eigenvalue weighted by atomic mass is 35.5. The number of thioether (sulfide) groups is 1. The molecule has 1 aromatic heterocycles. The van der Waals surface area contributed by atoms with Crippen LogP contribution in [0.5, 0.6) is 5.75 Å². The van der Waals surface area contributed by atoms with Gasteiger partial charge in [0.15, 0.2) is 5.17 Å². The Morgan fingerprint density at radius 3 is 2.72 bits per heavy atom. The highest BCUT2D eigenvalue weighted by Crippen LogP contribution is 2.33. The van der Waals surface area contributed by atoms with Crippen molar-refractivity contribution in [3.05, 3.63) is 77.7 Å². The smallest absolute Gasteiger partial charge is 0.243 e. The molecule has 1 N–H and O–H groups in total. The van der Waals surface area contributed by atoms with Crippen LogP contribution in [0.25, 0.3) is 0 Å². The molecule has 0 radical (unpaired) electrons. The van der Waals surface area contributed by atoms with Crippen LogP contribution in [0.2, 0.25) is 5.02 Å². The lowest BCUT2D eigenvalue weighted by molar-refractivity contribution is -0.128. The maximum atomic E-state index is 13.1. The highest BCUT2D eigenvalue weighted by Gasteiger charge is 2.39. The van der Waals surface area contributed by atoms with Gasteiger partial charge in [-0.15, -0.1) is 0 Å². The summed E-state index contributed by atoms with van der Waals surface area (Å²) in [6.07, 6.45) is 1.56. The van der Waals surface area contributed by atoms with Crippen LogP contribution in [0.15, 0.2) is 76.3 Å². The van der Waals surface area contributed by atoms with E-state index in [2.05, 4.69) is 10.3 Å². The van der Waals surface area contributed by atoms with E-state index in [0.29, 0.717) is 33.1 Å². The first-order valence-corrected chi connectivity index (χ1v) is 11.1. The van der Waals surface area contributed by atoms with Gasteiger partial charge in [0.05, 0.1) is 25.6 Å². The standard InChI is InChI=1S/C23H20ClN3O4S/c1-30-18-9-7-16(8-10-18)26-23-27(14-19-6-3-11-31-19)22(29)20(32-23)13-21(28)25-17-5-2-4-15(24)12-17/h2-12,20H,13-14H2,1H3,(H,25,28)/t20-/m0/s1. The molecule has 0 aliphatic carbocycles. The molecule has 32 heavy (non-hydrogen) atoms. The number of nitrogens with one attached hydrogen (secondary N) is 1. The van der Waals surface area contributed by atoms with Crippen molar-refractivity contribution in [1.29, 1.82) is 0 Å². The molecule has 1 aliphatic heterocycles. The van der Waals surface area contributed by atoms with Crippen LogP contribution >= 0.6 is 23.4 Å². The van der Waals surface area contributed by atoms with Crippen molar-refractivity contribution in [1.82, 2.24) is 4.90 Å². The van der Waals surface area contributed by atoms with Crippen molar-refractivity contribution < 1.29 is 18.7 Å². The summed E-state index contributed by atoms with van der Waals surface area (Å²) < 4.78 is 10.6. The number of rotatable bonds is 7. The SMILES string of the molecule is COc1ccc(N=C2S[C@@H](CC(=O)Nc3cccc(Cl)c3)C(=O)N2Cc2ccco2)cc1. The van der Waals surface area contributed by atoms with Crippen molar-refractivity contribution >= 4 is 51.7 Å². The molecule has 1 saturated heterocycles. The quantitative estimate of drug-likeness (QED) is 0.520. The maximum absolute atomic E-state index is 13.1. The summed E-state index contributed by atoms with van der Waals surface area (Å²) in [4.78, 5) is 31.9. The number of aliphatic imine (C=N–C) groups is 1. The molecular weight excluding hydrogens is 450 g/mol. The first-order chi connectivity index (χ1) is 15.5. The van der Waals surface area contributed by atoms with E-state index in [1.807, 2.05) is 0 Å². The number of methoxy groups -OCH3 is 1. The summed E-state index contributed by atoms with van der Waals surface area (Å²) in [6, 6.07) is 17.6. The number of anilines is 1. The Morgan fingerprint density at radius 1 is 1.22 bits per heavy atom. The number of ether oxygens (including phenoxy) is 1. The third-order valence-electron chi connectivity index (χ3n) is 4.69. The van der Waals surface area contributed by atoms with Crippen molar-refractivity contribution in [2.45, 2.75) is 18.2 Å². The van der Waals surface area contributed by atoms with E-state index in [4.69, 9.17) is 20.8 Å². The van der Waals surface area contributed by atoms with Crippen LogP contribution < -0.4 is 10.1 Å². The summed E-state index contributed by atoms with van der Waals surface area (Å²) in [5, 5.41) is 3.22. The fourth-order valence-electron chi connectivity index (χ4n) is 3.14. The molecule has 1 atom stereocenters. The lowest BCUT2D eigenvalue weighted by atomic mass is 10.2. The van der Waals surface area contributed by atoms with E-state index in [1.165, 1.54) is 11.8 Å². The van der Waals surface area contributed by atoms with Gasteiger partial charge in [-0.3, -0.25) is 14.5 Å². The molecule has 0 saturated carbocycles. The van der Waals surface area contributed by atoms with Gasteiger partial charge in [0.2, 0.25) is 11.8 Å². The molecule has 2 amide bonds. The van der Waals surface area contributed by atoms with Crippen LogP contribution in [0.4, 0.5) is 11.4 Å². The number of carbonyl (C=O) groups excluding carboxylic acids is 2. The number of furan rings is 1. The lowest BCUT2D eigenvalue weighted by Crippen LogP contribution is -2.33. The third-order valence-corrected chi connectivity index (χ3v) is 6.10. The van der Waals surface area contributed by atoms with Gasteiger partial charge in [-0.05, 0) is 54.6 Å². The normalized spacial score (nSPS) is 17.1. The second-order valence-electron chi connectivity index (χ2n) is 6.97. The Bertz CT molecular complexity index is 1130. The van der Waals surface area contributed by atoms with Crippen LogP contribution in [-0.4, -0.2) is 34.2 Å². The minimum atomic E-state index is -0.596. The van der Waals surface area contributed by atoms with Gasteiger partial charge in [0.1, 0.15) is 16.8 Å². The first-order valence-electron chi connectivity index (χ1n) is 9.80. The van der Waals surface area contributed by atoms with Crippen molar-refractivity contribution in [3.8, 4) is 5.75 Å². The van der Waals surface area contributed by atoms with Crippen LogP contribution in [0, 0.1) is 0 Å². The maximum Gasteiger partial charge on any atom is 0.243 e. The van der Waals surface area contributed by atoms with Crippen molar-refractivity contribution in [3.63, 3.8) is 0 Å². The molecule has 164 valence electrons. The monoisotopic (exact) mass is 469 g/mol. The molecule has 9 heteroatoms. The van der Waals surface area contributed by atoms with E-state index in [-0.39, 0.29) is 24.8 Å². The zero-order valence-corrected chi connectivity index (χ0v) is 18.7. The van der Waals surface area contributed by atoms with E-state index < -0.39 is 5.25 Å². The van der Waals surface area contributed by atoms with E-state index >= 15 is 0 Å². The molecule has 1 aliphatic rings. The molecule has 1 fully saturated rings. The minimum absolute atomic E-state index is 0.00625. The van der Waals surface area contributed by atoms with Gasteiger partial charge in [-0.25, -0.2) is 4.99 Å². The van der Waals surface area contributed by atoms with Gasteiger partial charge in [-0.1, -0.05) is 29.4 Å². The minimum Gasteiger partial charge on any atom is -0.497 e. The molecule has 7 nitrogen and oxygen atoms in total. The fourth-order valence-corrected chi connectivity index (χ4v) is 4.49. The number of carbonyl (C=O) groups is 2. The number of hydrogen-bond donors (Lipinski definition) is 1. The Hall–Kier alpha value is -3.23. The zero-order chi connectivity index (χ0) is 22.5. The number of benzene rings is 2. The van der Waals surface area contributed by atoms with Gasteiger partial charge in [-0.2, -0.15) is 0 Å². The second-order valence-corrected chi connectivity index (χ2v) is 8.57. The third kappa shape index (κ3) is 5.33. The first kappa shape index (κ1) is 22.0. The molecular formula is C23H20ClN3O4S. The average Bonchev–Trinajstić information content (AvgIpc) is 3.39. The highest BCUT2D eigenvalue weighted by molar-refractivity contribution is 8.15. The predicted octanol–water partition coefficient (Wildman–Crippen LogP) is 5.10. The topological polar surface area (TPSA) is 84.1 Å². The van der Waals surface area contributed by atoms with Gasteiger partial charge < -0.3 is 14.5 Å². The molecule has 2 heterocycles. The summed E-state index contributed by atoms with van der Waals surface area (Å²) in [6.45, 7) is 0.236. The molecule has 3 aromatic rings.